The fraction of sp³-hybridized carbons (Fsp3) is 0.481. The smallest absolute Gasteiger partial charge is 0.414 e. The summed E-state index contributed by atoms with van der Waals surface area (Å²) in [6.45, 7) is 2.37. The number of anilines is 1. The van der Waals surface area contributed by atoms with Crippen LogP contribution in [0, 0.1) is 11.6 Å². The number of aliphatic hydroxyl groups is 1. The summed E-state index contributed by atoms with van der Waals surface area (Å²) in [5.41, 5.74) is 1.73. The number of ether oxygens (including phenoxy) is 1. The van der Waals surface area contributed by atoms with Gasteiger partial charge in [0.15, 0.2) is 0 Å². The minimum absolute atomic E-state index is 0.0800. The first-order valence-corrected chi connectivity index (χ1v) is 12.5. The first-order valence-electron chi connectivity index (χ1n) is 12.5. The van der Waals surface area contributed by atoms with Gasteiger partial charge in [-0.25, -0.2) is 13.6 Å². The lowest BCUT2D eigenvalue weighted by atomic mass is 9.76. The Balaban J connectivity index is 1.52. The molecule has 1 aliphatic carbocycles. The van der Waals surface area contributed by atoms with Gasteiger partial charge < -0.3 is 20.5 Å². The van der Waals surface area contributed by atoms with Crippen molar-refractivity contribution in [3.8, 4) is 0 Å². The Morgan fingerprint density at radius 3 is 2.50 bits per heavy atom. The average Bonchev–Trinajstić information content (AvgIpc) is 3.28. The number of nitrogens with zero attached hydrogens (tertiary/aromatic N) is 1. The molecule has 2 atom stereocenters. The molecular weight excluding hydrogens is 468 g/mol. The number of amides is 2. The van der Waals surface area contributed by atoms with E-state index in [0.29, 0.717) is 18.7 Å². The molecule has 36 heavy (non-hydrogen) atoms. The van der Waals surface area contributed by atoms with Crippen molar-refractivity contribution in [2.24, 2.45) is 0 Å². The summed E-state index contributed by atoms with van der Waals surface area (Å²) in [6, 6.07) is 10.3. The zero-order valence-corrected chi connectivity index (χ0v) is 20.4. The highest BCUT2D eigenvalue weighted by Gasteiger charge is 2.36. The molecule has 9 heteroatoms. The van der Waals surface area contributed by atoms with E-state index in [4.69, 9.17) is 4.74 Å². The molecule has 0 spiro atoms. The number of rotatable bonds is 9. The molecule has 1 saturated heterocycles. The van der Waals surface area contributed by atoms with Crippen molar-refractivity contribution < 1.29 is 28.2 Å². The van der Waals surface area contributed by atoms with Crippen LogP contribution in [0.5, 0.6) is 0 Å². The Bertz CT molecular complexity index is 1070. The van der Waals surface area contributed by atoms with Gasteiger partial charge in [0.25, 0.3) is 0 Å². The van der Waals surface area contributed by atoms with Crippen molar-refractivity contribution in [3.63, 3.8) is 0 Å². The Hall–Kier alpha value is -3.04. The largest absolute Gasteiger partial charge is 0.447 e. The number of carbonyl (C=O) groups is 2. The van der Waals surface area contributed by atoms with Gasteiger partial charge in [-0.15, -0.1) is 0 Å². The normalized spacial score (nSPS) is 19.0. The number of cyclic esters (lactones) is 1. The van der Waals surface area contributed by atoms with Crippen LogP contribution in [0.4, 0.5) is 19.3 Å². The Morgan fingerprint density at radius 2 is 1.86 bits per heavy atom. The van der Waals surface area contributed by atoms with E-state index in [-0.39, 0.29) is 25.0 Å². The predicted molar refractivity (Wildman–Crippen MR) is 132 cm³/mol. The van der Waals surface area contributed by atoms with Gasteiger partial charge in [0.05, 0.1) is 18.7 Å². The third-order valence-electron chi connectivity index (χ3n) is 7.06. The van der Waals surface area contributed by atoms with Gasteiger partial charge in [-0.2, -0.15) is 0 Å². The quantitative estimate of drug-likeness (QED) is 0.487. The minimum Gasteiger partial charge on any atom is -0.447 e. The molecule has 0 bridgehead atoms. The van der Waals surface area contributed by atoms with Crippen LogP contribution >= 0.6 is 0 Å². The third kappa shape index (κ3) is 6.20. The first kappa shape index (κ1) is 26.0. The number of carbonyl (C=O) groups excluding carboxylic acids is 2. The second-order valence-electron chi connectivity index (χ2n) is 9.70. The van der Waals surface area contributed by atoms with Crippen LogP contribution in [0.15, 0.2) is 42.5 Å². The third-order valence-corrected chi connectivity index (χ3v) is 7.06. The second-order valence-corrected chi connectivity index (χ2v) is 9.70. The van der Waals surface area contributed by atoms with Crippen molar-refractivity contribution in [1.82, 2.24) is 10.6 Å². The number of nitrogens with one attached hydrogen (secondary N) is 2. The van der Waals surface area contributed by atoms with Gasteiger partial charge in [-0.05, 0) is 54.7 Å². The molecule has 2 fully saturated rings. The molecule has 0 aromatic heterocycles. The fourth-order valence-corrected chi connectivity index (χ4v) is 5.29. The van der Waals surface area contributed by atoms with Crippen LogP contribution in [-0.4, -0.2) is 48.9 Å². The van der Waals surface area contributed by atoms with Crippen molar-refractivity contribution in [3.05, 3.63) is 65.2 Å². The highest BCUT2D eigenvalue weighted by Crippen LogP contribution is 2.38. The van der Waals surface area contributed by atoms with Gasteiger partial charge >= 0.3 is 6.09 Å². The summed E-state index contributed by atoms with van der Waals surface area (Å²) >= 11 is 0. The lowest BCUT2D eigenvalue weighted by Gasteiger charge is -2.40. The van der Waals surface area contributed by atoms with E-state index in [2.05, 4.69) is 10.6 Å². The van der Waals surface area contributed by atoms with Gasteiger partial charge in [-0.3, -0.25) is 9.69 Å². The maximum absolute atomic E-state index is 13.7. The van der Waals surface area contributed by atoms with Crippen LogP contribution in [0.2, 0.25) is 0 Å². The zero-order chi connectivity index (χ0) is 25.7. The zero-order valence-electron chi connectivity index (χ0n) is 20.4. The maximum atomic E-state index is 13.7. The molecule has 0 unspecified atom stereocenters. The molecule has 2 amide bonds. The Kier molecular flexibility index (Phi) is 8.21. The van der Waals surface area contributed by atoms with E-state index in [1.165, 1.54) is 19.1 Å². The SMILES string of the molecule is CC(=O)N[C@@H](Cc1cc(F)cc(F)c1)[C@H](O)CNC1(c2cccc(N3CCOC3=O)c2)CCCCC1. The summed E-state index contributed by atoms with van der Waals surface area (Å²) in [5, 5.41) is 17.4. The molecule has 4 rings (SSSR count). The lowest BCUT2D eigenvalue weighted by molar-refractivity contribution is -0.120. The van der Waals surface area contributed by atoms with Crippen molar-refractivity contribution in [2.75, 3.05) is 24.6 Å². The molecule has 7 nitrogen and oxygen atoms in total. The molecule has 2 aliphatic rings. The first-order chi connectivity index (χ1) is 17.3. The lowest BCUT2D eigenvalue weighted by Crippen LogP contribution is -2.53. The van der Waals surface area contributed by atoms with Gasteiger partial charge in [0.2, 0.25) is 5.91 Å². The second kappa shape index (κ2) is 11.3. The van der Waals surface area contributed by atoms with Crippen LogP contribution in [0.1, 0.15) is 50.2 Å². The van der Waals surface area contributed by atoms with Gasteiger partial charge in [-0.1, -0.05) is 31.4 Å². The van der Waals surface area contributed by atoms with Gasteiger partial charge in [0.1, 0.15) is 18.2 Å². The molecule has 2 aromatic rings. The number of aliphatic hydroxyl groups excluding tert-OH is 1. The number of benzene rings is 2. The topological polar surface area (TPSA) is 90.9 Å². The molecule has 1 heterocycles. The van der Waals surface area contributed by atoms with Crippen molar-refractivity contribution in [1.29, 1.82) is 0 Å². The highest BCUT2D eigenvalue weighted by atomic mass is 19.1. The van der Waals surface area contributed by atoms with Crippen molar-refractivity contribution >= 4 is 17.7 Å². The highest BCUT2D eigenvalue weighted by molar-refractivity contribution is 5.89. The predicted octanol–water partition coefficient (Wildman–Crippen LogP) is 3.78. The molecular formula is C27H33F2N3O4. The molecule has 3 N–H and O–H groups in total. The molecule has 194 valence electrons. The number of hydrogen-bond donors (Lipinski definition) is 3. The summed E-state index contributed by atoms with van der Waals surface area (Å²) in [4.78, 5) is 25.5. The Labute approximate surface area is 209 Å². The summed E-state index contributed by atoms with van der Waals surface area (Å²) in [5.74, 6) is -1.75. The van der Waals surface area contributed by atoms with E-state index >= 15 is 0 Å². The van der Waals surface area contributed by atoms with Crippen LogP contribution in [-0.2, 0) is 21.5 Å². The minimum atomic E-state index is -1.00. The molecule has 1 saturated carbocycles. The van der Waals surface area contributed by atoms with Gasteiger partial charge in [0, 0.05) is 30.8 Å². The number of hydrogen-bond acceptors (Lipinski definition) is 5. The fourth-order valence-electron chi connectivity index (χ4n) is 5.29. The maximum Gasteiger partial charge on any atom is 0.414 e. The summed E-state index contributed by atoms with van der Waals surface area (Å²) in [7, 11) is 0. The van der Waals surface area contributed by atoms with E-state index < -0.39 is 29.3 Å². The van der Waals surface area contributed by atoms with E-state index in [0.717, 1.165) is 49.4 Å². The Morgan fingerprint density at radius 1 is 1.14 bits per heavy atom. The van der Waals surface area contributed by atoms with E-state index in [1.807, 2.05) is 24.3 Å². The molecule has 0 radical (unpaired) electrons. The molecule has 2 aromatic carbocycles. The van der Waals surface area contributed by atoms with Crippen molar-refractivity contribution in [2.45, 2.75) is 63.1 Å². The van der Waals surface area contributed by atoms with Crippen LogP contribution < -0.4 is 15.5 Å². The summed E-state index contributed by atoms with van der Waals surface area (Å²) in [6.07, 6.45) is 3.56. The molecule has 1 aliphatic heterocycles. The average molecular weight is 502 g/mol. The van der Waals surface area contributed by atoms with E-state index in [1.54, 1.807) is 4.90 Å². The van der Waals surface area contributed by atoms with Crippen LogP contribution in [0.3, 0.4) is 0 Å². The van der Waals surface area contributed by atoms with Crippen LogP contribution in [0.25, 0.3) is 0 Å². The number of halogens is 2. The van der Waals surface area contributed by atoms with E-state index in [9.17, 15) is 23.5 Å². The monoisotopic (exact) mass is 501 g/mol. The summed E-state index contributed by atoms with van der Waals surface area (Å²) < 4.78 is 32.5. The standard InChI is InChI=1S/C27H33F2N3O4/c1-18(33)31-24(14-19-12-21(28)16-22(29)13-19)25(34)17-30-27(8-3-2-4-9-27)20-6-5-7-23(15-20)32-10-11-36-26(32)35/h5-7,12-13,15-16,24-25,30,34H,2-4,8-11,14,17H2,1H3,(H,31,33)/t24-,25+/m0/s1.